The van der Waals surface area contributed by atoms with E-state index in [9.17, 15) is 4.79 Å². The van der Waals surface area contributed by atoms with Gasteiger partial charge in [0.2, 0.25) is 0 Å². The molecule has 5 heteroatoms. The predicted molar refractivity (Wildman–Crippen MR) is 67.5 cm³/mol. The molecule has 0 radical (unpaired) electrons. The first-order valence-electron chi connectivity index (χ1n) is 5.91. The molecule has 0 spiro atoms. The van der Waals surface area contributed by atoms with Crippen molar-refractivity contribution in [3.63, 3.8) is 0 Å². The van der Waals surface area contributed by atoms with Crippen LogP contribution in [0.4, 0.5) is 0 Å². The number of nitrogens with two attached hydrogens (primary N) is 1. The first-order chi connectivity index (χ1) is 7.54. The van der Waals surface area contributed by atoms with Crippen LogP contribution in [0, 0.1) is 5.41 Å². The summed E-state index contributed by atoms with van der Waals surface area (Å²) in [5, 5.41) is 10.6. The summed E-state index contributed by atoms with van der Waals surface area (Å²) in [6.07, 6.45) is 1.31. The summed E-state index contributed by atoms with van der Waals surface area (Å²) < 4.78 is 0. The van der Waals surface area contributed by atoms with Gasteiger partial charge in [0.25, 0.3) is 0 Å². The molecule has 17 heavy (non-hydrogen) atoms. The van der Waals surface area contributed by atoms with Crippen LogP contribution in [0.25, 0.3) is 0 Å². The highest BCUT2D eigenvalue weighted by Crippen LogP contribution is 2.20. The number of rotatable bonds is 8. The van der Waals surface area contributed by atoms with Crippen LogP contribution in [0.15, 0.2) is 0 Å². The maximum absolute atomic E-state index is 10.9. The monoisotopic (exact) mass is 246 g/mol. The van der Waals surface area contributed by atoms with Gasteiger partial charge in [-0.05, 0) is 40.5 Å². The number of carboxylic acids is 1. The largest absolute Gasteiger partial charge is 0.481 e. The van der Waals surface area contributed by atoms with E-state index in [1.165, 1.54) is 0 Å². The Hall–Kier alpha value is -0.650. The lowest BCUT2D eigenvalue weighted by atomic mass is 9.90. The van der Waals surface area contributed by atoms with Gasteiger partial charge in [-0.25, -0.2) is 0 Å². The molecule has 0 rings (SSSR count). The molecule has 102 valence electrons. The second kappa shape index (κ2) is 6.33. The van der Waals surface area contributed by atoms with Gasteiger partial charge in [0.1, 0.15) is 0 Å². The second-order valence-corrected chi connectivity index (χ2v) is 5.86. The van der Waals surface area contributed by atoms with Crippen molar-refractivity contribution in [1.29, 1.82) is 0 Å². The highest BCUT2D eigenvalue weighted by Gasteiger charge is 2.27. The molecule has 0 aliphatic rings. The average molecular weight is 246 g/mol. The molecule has 0 bridgehead atoms. The Bertz CT molecular complexity index is 247. The fourth-order valence-corrected chi connectivity index (χ4v) is 1.07. The van der Waals surface area contributed by atoms with Crippen molar-refractivity contribution in [2.75, 3.05) is 20.2 Å². The highest BCUT2D eigenvalue weighted by atomic mass is 16.7. The average Bonchev–Trinajstić information content (AvgIpc) is 2.12. The number of hydroxylamine groups is 2. The zero-order chi connectivity index (χ0) is 13.7. The molecule has 0 aliphatic carbocycles. The summed E-state index contributed by atoms with van der Waals surface area (Å²) >= 11 is 0. The molecule has 0 heterocycles. The van der Waals surface area contributed by atoms with Crippen LogP contribution < -0.4 is 5.73 Å². The number of carboxylic acid groups (broad SMARTS) is 1. The van der Waals surface area contributed by atoms with E-state index >= 15 is 0 Å². The van der Waals surface area contributed by atoms with Gasteiger partial charge < -0.3 is 10.8 Å². The van der Waals surface area contributed by atoms with Gasteiger partial charge in [0.05, 0.1) is 12.0 Å². The fourth-order valence-electron chi connectivity index (χ4n) is 1.07. The van der Waals surface area contributed by atoms with Crippen LogP contribution in [-0.4, -0.2) is 41.9 Å². The van der Waals surface area contributed by atoms with E-state index in [4.69, 9.17) is 15.7 Å². The minimum atomic E-state index is -0.783. The standard InChI is InChI=1S/C12H26N2O3/c1-11(2,10(15)16)6-8-14(5)17-9-7-12(3,4)13/h6-9,13H2,1-5H3,(H,15,16). The lowest BCUT2D eigenvalue weighted by Crippen LogP contribution is -2.35. The second-order valence-electron chi connectivity index (χ2n) is 5.86. The fraction of sp³-hybridized carbons (Fsp3) is 0.917. The summed E-state index contributed by atoms with van der Waals surface area (Å²) in [6.45, 7) is 8.46. The van der Waals surface area contributed by atoms with Gasteiger partial charge in [0.15, 0.2) is 0 Å². The zero-order valence-electron chi connectivity index (χ0n) is 11.6. The van der Waals surface area contributed by atoms with E-state index in [1.807, 2.05) is 13.8 Å². The van der Waals surface area contributed by atoms with Gasteiger partial charge in [-0.15, -0.1) is 0 Å². The Morgan fingerprint density at radius 2 is 1.82 bits per heavy atom. The molecular weight excluding hydrogens is 220 g/mol. The van der Waals surface area contributed by atoms with Gasteiger partial charge in [-0.3, -0.25) is 9.63 Å². The van der Waals surface area contributed by atoms with E-state index in [0.29, 0.717) is 19.6 Å². The number of aliphatic carboxylic acids is 1. The van der Waals surface area contributed by atoms with Crippen molar-refractivity contribution in [2.45, 2.75) is 46.1 Å². The third-order valence-electron chi connectivity index (χ3n) is 2.69. The molecule has 0 atom stereocenters. The highest BCUT2D eigenvalue weighted by molar-refractivity contribution is 5.73. The smallest absolute Gasteiger partial charge is 0.309 e. The lowest BCUT2D eigenvalue weighted by Gasteiger charge is -2.25. The van der Waals surface area contributed by atoms with Crippen LogP contribution in [0.2, 0.25) is 0 Å². The number of nitrogens with zero attached hydrogens (tertiary/aromatic N) is 1. The maximum Gasteiger partial charge on any atom is 0.309 e. The van der Waals surface area contributed by atoms with E-state index < -0.39 is 11.4 Å². The molecule has 0 aliphatic heterocycles. The quantitative estimate of drug-likeness (QED) is 0.634. The number of hydrogen-bond donors (Lipinski definition) is 2. The van der Waals surface area contributed by atoms with Crippen molar-refractivity contribution >= 4 is 5.97 Å². The van der Waals surface area contributed by atoms with Gasteiger partial charge in [-0.2, -0.15) is 5.06 Å². The Balaban J connectivity index is 3.81. The molecule has 3 N–H and O–H groups in total. The minimum absolute atomic E-state index is 0.235. The summed E-state index contributed by atoms with van der Waals surface area (Å²) in [5.41, 5.74) is 4.88. The minimum Gasteiger partial charge on any atom is -0.481 e. The van der Waals surface area contributed by atoms with Crippen molar-refractivity contribution in [3.8, 4) is 0 Å². The maximum atomic E-state index is 10.9. The van der Waals surface area contributed by atoms with Crippen molar-refractivity contribution < 1.29 is 14.7 Å². The van der Waals surface area contributed by atoms with Crippen LogP contribution in [-0.2, 0) is 9.63 Å². The topological polar surface area (TPSA) is 75.8 Å². The Morgan fingerprint density at radius 1 is 1.29 bits per heavy atom. The van der Waals surface area contributed by atoms with Crippen molar-refractivity contribution in [2.24, 2.45) is 11.1 Å². The number of carbonyl (C=O) groups is 1. The van der Waals surface area contributed by atoms with Crippen molar-refractivity contribution in [3.05, 3.63) is 0 Å². The zero-order valence-corrected chi connectivity index (χ0v) is 11.6. The Morgan fingerprint density at radius 3 is 2.24 bits per heavy atom. The molecule has 0 amide bonds. The van der Waals surface area contributed by atoms with Crippen molar-refractivity contribution in [1.82, 2.24) is 5.06 Å². The van der Waals surface area contributed by atoms with E-state index in [-0.39, 0.29) is 5.54 Å². The van der Waals surface area contributed by atoms with Crippen LogP contribution >= 0.6 is 0 Å². The van der Waals surface area contributed by atoms with Crippen LogP contribution in [0.5, 0.6) is 0 Å². The molecular formula is C12H26N2O3. The number of hydrogen-bond acceptors (Lipinski definition) is 4. The first-order valence-corrected chi connectivity index (χ1v) is 5.91. The Labute approximate surface area is 104 Å². The van der Waals surface area contributed by atoms with Gasteiger partial charge >= 0.3 is 5.97 Å². The molecule has 0 aromatic rings. The Kier molecular flexibility index (Phi) is 6.09. The third-order valence-corrected chi connectivity index (χ3v) is 2.69. The molecule has 0 saturated carbocycles. The van der Waals surface area contributed by atoms with Crippen LogP contribution in [0.3, 0.4) is 0 Å². The van der Waals surface area contributed by atoms with E-state index in [2.05, 4.69) is 0 Å². The van der Waals surface area contributed by atoms with E-state index in [1.54, 1.807) is 26.0 Å². The third kappa shape index (κ3) is 8.12. The SMILES string of the molecule is CN(CCC(C)(C)C(=O)O)OCCC(C)(C)N. The summed E-state index contributed by atoms with van der Waals surface area (Å²) in [6, 6.07) is 0. The summed E-state index contributed by atoms with van der Waals surface area (Å²) in [5.74, 6) is -0.783. The lowest BCUT2D eigenvalue weighted by molar-refractivity contribution is -0.157. The van der Waals surface area contributed by atoms with Crippen LogP contribution in [0.1, 0.15) is 40.5 Å². The summed E-state index contributed by atoms with van der Waals surface area (Å²) in [7, 11) is 1.81. The molecule has 0 aromatic heterocycles. The summed E-state index contributed by atoms with van der Waals surface area (Å²) in [4.78, 5) is 16.4. The predicted octanol–water partition coefficient (Wildman–Crippen LogP) is 1.48. The first kappa shape index (κ1) is 16.4. The molecule has 0 aromatic carbocycles. The van der Waals surface area contributed by atoms with Gasteiger partial charge in [0, 0.05) is 19.1 Å². The molecule has 5 nitrogen and oxygen atoms in total. The van der Waals surface area contributed by atoms with Gasteiger partial charge in [-0.1, -0.05) is 0 Å². The molecule has 0 unspecified atom stereocenters. The normalized spacial score (nSPS) is 13.1. The van der Waals surface area contributed by atoms with E-state index in [0.717, 1.165) is 6.42 Å². The molecule has 0 saturated heterocycles. The molecule has 0 fully saturated rings.